The lowest BCUT2D eigenvalue weighted by molar-refractivity contribution is 0.592. The molecule has 1 aliphatic rings. The number of hydrogen-bond acceptors (Lipinski definition) is 6. The van der Waals surface area contributed by atoms with Crippen molar-refractivity contribution in [1.82, 2.24) is 15.2 Å². The van der Waals surface area contributed by atoms with Crippen LogP contribution in [0.25, 0.3) is 0 Å². The Bertz CT molecular complexity index is 910. The van der Waals surface area contributed by atoms with Crippen LogP contribution < -0.4 is 15.1 Å². The van der Waals surface area contributed by atoms with Crippen LogP contribution in [-0.2, 0) is 0 Å². The largest absolute Gasteiger partial charge is 0.366 e. The Kier molecular flexibility index (Phi) is 4.78. The second kappa shape index (κ2) is 7.53. The van der Waals surface area contributed by atoms with Gasteiger partial charge in [0.2, 0.25) is 5.95 Å². The van der Waals surface area contributed by atoms with E-state index in [1.54, 1.807) is 24.3 Å². The van der Waals surface area contributed by atoms with Crippen LogP contribution in [0.5, 0.6) is 0 Å². The van der Waals surface area contributed by atoms with Crippen LogP contribution in [0, 0.1) is 11.6 Å². The Hall–Kier alpha value is -3.29. The molecule has 3 aromatic rings. The van der Waals surface area contributed by atoms with Crippen molar-refractivity contribution < 1.29 is 8.78 Å². The number of halogens is 2. The van der Waals surface area contributed by atoms with E-state index in [1.807, 2.05) is 15.9 Å². The molecule has 0 unspecified atom stereocenters. The van der Waals surface area contributed by atoms with E-state index in [9.17, 15) is 8.78 Å². The van der Waals surface area contributed by atoms with Gasteiger partial charge in [0.1, 0.15) is 11.6 Å². The van der Waals surface area contributed by atoms with Crippen molar-refractivity contribution >= 4 is 23.1 Å². The van der Waals surface area contributed by atoms with E-state index in [-0.39, 0.29) is 11.6 Å². The van der Waals surface area contributed by atoms with Gasteiger partial charge in [-0.3, -0.25) is 0 Å². The third-order valence-electron chi connectivity index (χ3n) is 4.42. The van der Waals surface area contributed by atoms with Gasteiger partial charge in [-0.1, -0.05) is 12.1 Å². The van der Waals surface area contributed by atoms with Crippen molar-refractivity contribution in [2.45, 2.75) is 0 Å². The minimum atomic E-state index is -0.297. The average molecular weight is 368 g/mol. The predicted molar refractivity (Wildman–Crippen MR) is 100 cm³/mol. The number of rotatable bonds is 4. The highest BCUT2D eigenvalue weighted by Gasteiger charge is 2.21. The van der Waals surface area contributed by atoms with Crippen LogP contribution in [0.4, 0.5) is 31.9 Å². The summed E-state index contributed by atoms with van der Waals surface area (Å²) in [5, 5.41) is 11.2. The van der Waals surface area contributed by atoms with Gasteiger partial charge in [-0.25, -0.2) is 8.78 Å². The number of nitrogens with zero attached hydrogens (tertiary/aromatic N) is 5. The summed E-state index contributed by atoms with van der Waals surface area (Å²) in [6.07, 6.45) is 1.52. The lowest BCUT2D eigenvalue weighted by Gasteiger charge is -2.36. The zero-order valence-electron chi connectivity index (χ0n) is 14.5. The molecule has 1 aromatic heterocycles. The van der Waals surface area contributed by atoms with Crippen LogP contribution in [0.3, 0.4) is 0 Å². The van der Waals surface area contributed by atoms with Gasteiger partial charge < -0.3 is 15.1 Å². The standard InChI is InChI=1S/C19H18F2N6/c20-14-5-7-15(8-6-14)23-18-13-22-25-19(24-18)27-11-9-26(10-12-27)17-4-2-1-3-16(17)21/h1-8,13H,9-12H2,(H,23,24,25). The molecule has 0 spiro atoms. The Labute approximate surface area is 155 Å². The minimum Gasteiger partial charge on any atom is -0.366 e. The summed E-state index contributed by atoms with van der Waals surface area (Å²) >= 11 is 0. The lowest BCUT2D eigenvalue weighted by Crippen LogP contribution is -2.47. The van der Waals surface area contributed by atoms with E-state index < -0.39 is 0 Å². The van der Waals surface area contributed by atoms with E-state index in [1.165, 1.54) is 24.4 Å². The minimum absolute atomic E-state index is 0.214. The molecule has 1 aliphatic heterocycles. The van der Waals surface area contributed by atoms with E-state index in [4.69, 9.17) is 0 Å². The highest BCUT2D eigenvalue weighted by atomic mass is 19.1. The molecule has 0 amide bonds. The first kappa shape index (κ1) is 17.1. The van der Waals surface area contributed by atoms with E-state index in [2.05, 4.69) is 20.5 Å². The molecule has 8 heteroatoms. The Morgan fingerprint density at radius 1 is 0.852 bits per heavy atom. The molecule has 27 heavy (non-hydrogen) atoms. The topological polar surface area (TPSA) is 57.2 Å². The van der Waals surface area contributed by atoms with Gasteiger partial charge in [-0.15, -0.1) is 5.10 Å². The zero-order valence-corrected chi connectivity index (χ0v) is 14.5. The van der Waals surface area contributed by atoms with Crippen molar-refractivity contribution in [3.63, 3.8) is 0 Å². The molecule has 138 valence electrons. The van der Waals surface area contributed by atoms with E-state index >= 15 is 0 Å². The normalized spacial score (nSPS) is 14.3. The smallest absolute Gasteiger partial charge is 0.247 e. The number of aromatic nitrogens is 3. The highest BCUT2D eigenvalue weighted by molar-refractivity contribution is 5.56. The fourth-order valence-corrected chi connectivity index (χ4v) is 3.02. The van der Waals surface area contributed by atoms with Crippen LogP contribution in [0.2, 0.25) is 0 Å². The monoisotopic (exact) mass is 368 g/mol. The molecule has 1 N–H and O–H groups in total. The number of hydrogen-bond donors (Lipinski definition) is 1. The summed E-state index contributed by atoms with van der Waals surface area (Å²) in [5.74, 6) is 0.530. The summed E-state index contributed by atoms with van der Waals surface area (Å²) in [6.45, 7) is 2.66. The second-order valence-corrected chi connectivity index (χ2v) is 6.20. The van der Waals surface area contributed by atoms with Crippen molar-refractivity contribution in [2.24, 2.45) is 0 Å². The molecule has 6 nitrogen and oxygen atoms in total. The number of anilines is 4. The first-order valence-electron chi connectivity index (χ1n) is 8.66. The van der Waals surface area contributed by atoms with Crippen LogP contribution in [0.1, 0.15) is 0 Å². The number of benzene rings is 2. The van der Waals surface area contributed by atoms with Crippen molar-refractivity contribution in [3.05, 3.63) is 66.4 Å². The summed E-state index contributed by atoms with van der Waals surface area (Å²) < 4.78 is 27.0. The summed E-state index contributed by atoms with van der Waals surface area (Å²) in [6, 6.07) is 12.8. The van der Waals surface area contributed by atoms with Gasteiger partial charge in [0, 0.05) is 31.9 Å². The first-order chi connectivity index (χ1) is 13.2. The summed E-state index contributed by atoms with van der Waals surface area (Å²) in [7, 11) is 0. The highest BCUT2D eigenvalue weighted by Crippen LogP contribution is 2.22. The van der Waals surface area contributed by atoms with Crippen molar-refractivity contribution in [1.29, 1.82) is 0 Å². The van der Waals surface area contributed by atoms with E-state index in [0.717, 1.165) is 0 Å². The Morgan fingerprint density at radius 3 is 2.30 bits per heavy atom. The maximum absolute atomic E-state index is 14.0. The van der Waals surface area contributed by atoms with Crippen LogP contribution in [0.15, 0.2) is 54.7 Å². The Balaban J connectivity index is 1.42. The molecule has 1 fully saturated rings. The SMILES string of the molecule is Fc1ccc(Nc2cnnc(N3CCN(c4ccccc4F)CC3)n2)cc1. The molecule has 0 radical (unpaired) electrons. The zero-order chi connectivity index (χ0) is 18.6. The quantitative estimate of drug-likeness (QED) is 0.763. The summed E-state index contributed by atoms with van der Waals surface area (Å²) in [4.78, 5) is 8.51. The third kappa shape index (κ3) is 3.94. The number of piperazine rings is 1. The fourth-order valence-electron chi connectivity index (χ4n) is 3.02. The van der Waals surface area contributed by atoms with E-state index in [0.29, 0.717) is 49.3 Å². The molecule has 1 saturated heterocycles. The average Bonchev–Trinajstić information content (AvgIpc) is 2.71. The molecule has 4 rings (SSSR count). The first-order valence-corrected chi connectivity index (χ1v) is 8.66. The van der Waals surface area contributed by atoms with Crippen molar-refractivity contribution in [3.8, 4) is 0 Å². The maximum atomic E-state index is 14.0. The lowest BCUT2D eigenvalue weighted by atomic mass is 10.2. The maximum Gasteiger partial charge on any atom is 0.247 e. The number of para-hydroxylation sites is 1. The van der Waals surface area contributed by atoms with Gasteiger partial charge in [0.25, 0.3) is 0 Å². The van der Waals surface area contributed by atoms with Gasteiger partial charge in [-0.2, -0.15) is 10.1 Å². The molecule has 0 saturated carbocycles. The molecule has 0 atom stereocenters. The second-order valence-electron chi connectivity index (χ2n) is 6.20. The van der Waals surface area contributed by atoms with Gasteiger partial charge in [-0.05, 0) is 36.4 Å². The molecule has 2 heterocycles. The van der Waals surface area contributed by atoms with Crippen LogP contribution >= 0.6 is 0 Å². The Morgan fingerprint density at radius 2 is 1.56 bits per heavy atom. The molecule has 2 aromatic carbocycles. The number of nitrogens with one attached hydrogen (secondary N) is 1. The van der Waals surface area contributed by atoms with Gasteiger partial charge >= 0.3 is 0 Å². The predicted octanol–water partition coefficient (Wildman–Crippen LogP) is 3.22. The summed E-state index contributed by atoms with van der Waals surface area (Å²) in [5.41, 5.74) is 1.33. The van der Waals surface area contributed by atoms with Crippen LogP contribution in [-0.4, -0.2) is 41.4 Å². The molecular weight excluding hydrogens is 350 g/mol. The fraction of sp³-hybridized carbons (Fsp3) is 0.211. The molecule has 0 aliphatic carbocycles. The third-order valence-corrected chi connectivity index (χ3v) is 4.42. The molecular formula is C19H18F2N6. The van der Waals surface area contributed by atoms with Gasteiger partial charge in [0.05, 0.1) is 11.9 Å². The van der Waals surface area contributed by atoms with Gasteiger partial charge in [0.15, 0.2) is 5.82 Å². The van der Waals surface area contributed by atoms with Crippen molar-refractivity contribution in [2.75, 3.05) is 41.3 Å². The molecule has 0 bridgehead atoms.